The molecule has 0 aromatic rings. The zero-order valence-corrected chi connectivity index (χ0v) is 11.9. The maximum absolute atomic E-state index is 12.2. The molecule has 1 amide bonds. The molecule has 0 saturated carbocycles. The van der Waals surface area contributed by atoms with Crippen LogP contribution in [0.4, 0.5) is 0 Å². The second-order valence-electron chi connectivity index (χ2n) is 5.13. The van der Waals surface area contributed by atoms with Gasteiger partial charge in [0.2, 0.25) is 5.91 Å². The first-order valence-corrected chi connectivity index (χ1v) is 6.67. The van der Waals surface area contributed by atoms with Crippen molar-refractivity contribution in [2.45, 2.75) is 32.9 Å². The number of methoxy groups -OCH3 is 1. The Kier molecular flexibility index (Phi) is 6.60. The molecule has 1 heterocycles. The zero-order valence-electron chi connectivity index (χ0n) is 11.9. The molecule has 1 saturated heterocycles. The molecule has 0 bridgehead atoms. The summed E-state index contributed by atoms with van der Waals surface area (Å²) < 4.78 is 10.4. The van der Waals surface area contributed by atoms with Crippen molar-refractivity contribution in [3.8, 4) is 0 Å². The van der Waals surface area contributed by atoms with Crippen LogP contribution in [0.5, 0.6) is 0 Å². The minimum absolute atomic E-state index is 0.153. The predicted octanol–water partition coefficient (Wildman–Crippen LogP) is 0.494. The molecule has 0 radical (unpaired) electrons. The van der Waals surface area contributed by atoms with Gasteiger partial charge in [0.1, 0.15) is 0 Å². The minimum Gasteiger partial charge on any atom is -0.383 e. The van der Waals surface area contributed by atoms with E-state index in [-0.39, 0.29) is 18.0 Å². The predicted molar refractivity (Wildman–Crippen MR) is 70.5 cm³/mol. The molecule has 5 nitrogen and oxygen atoms in total. The molecule has 0 aliphatic carbocycles. The Bertz CT molecular complexity index is 253. The summed E-state index contributed by atoms with van der Waals surface area (Å²) in [6.07, 6.45) is 0. The average molecular weight is 258 g/mol. The van der Waals surface area contributed by atoms with Crippen LogP contribution in [0.25, 0.3) is 0 Å². The fraction of sp³-hybridized carbons (Fsp3) is 0.923. The molecule has 106 valence electrons. The molecule has 2 unspecified atom stereocenters. The highest BCUT2D eigenvalue weighted by molar-refractivity contribution is 5.81. The van der Waals surface area contributed by atoms with Crippen LogP contribution in [0.3, 0.4) is 0 Å². The summed E-state index contributed by atoms with van der Waals surface area (Å²) in [5, 5.41) is 3.36. The van der Waals surface area contributed by atoms with Crippen molar-refractivity contribution >= 4 is 5.91 Å². The largest absolute Gasteiger partial charge is 0.383 e. The van der Waals surface area contributed by atoms with Crippen molar-refractivity contribution in [3.63, 3.8) is 0 Å². The van der Waals surface area contributed by atoms with E-state index < -0.39 is 0 Å². The number of nitrogens with zero attached hydrogens (tertiary/aromatic N) is 1. The number of hydrogen-bond acceptors (Lipinski definition) is 4. The van der Waals surface area contributed by atoms with Gasteiger partial charge in [-0.2, -0.15) is 0 Å². The summed E-state index contributed by atoms with van der Waals surface area (Å²) in [5.41, 5.74) is 0. The van der Waals surface area contributed by atoms with E-state index >= 15 is 0 Å². The maximum Gasteiger partial charge on any atom is 0.239 e. The van der Waals surface area contributed by atoms with Crippen LogP contribution in [0, 0.1) is 5.92 Å². The second kappa shape index (κ2) is 7.71. The summed E-state index contributed by atoms with van der Waals surface area (Å²) in [6, 6.07) is 0.0284. The van der Waals surface area contributed by atoms with Gasteiger partial charge in [0, 0.05) is 26.2 Å². The van der Waals surface area contributed by atoms with Gasteiger partial charge < -0.3 is 19.7 Å². The van der Waals surface area contributed by atoms with Crippen LogP contribution in [0.1, 0.15) is 20.8 Å². The molecule has 0 aromatic carbocycles. The number of nitrogens with one attached hydrogen (secondary N) is 1. The van der Waals surface area contributed by atoms with Gasteiger partial charge in [0.15, 0.2) is 0 Å². The Morgan fingerprint density at radius 1 is 1.33 bits per heavy atom. The van der Waals surface area contributed by atoms with Crippen LogP contribution in [0.2, 0.25) is 0 Å². The van der Waals surface area contributed by atoms with E-state index in [4.69, 9.17) is 9.47 Å². The molecule has 1 fully saturated rings. The fourth-order valence-electron chi connectivity index (χ4n) is 2.06. The number of morpholine rings is 1. The van der Waals surface area contributed by atoms with Crippen molar-refractivity contribution in [1.82, 2.24) is 10.2 Å². The van der Waals surface area contributed by atoms with Gasteiger partial charge in [0.25, 0.3) is 0 Å². The van der Waals surface area contributed by atoms with Gasteiger partial charge in [-0.25, -0.2) is 0 Å². The highest BCUT2D eigenvalue weighted by atomic mass is 16.5. The van der Waals surface area contributed by atoms with Crippen molar-refractivity contribution in [1.29, 1.82) is 0 Å². The summed E-state index contributed by atoms with van der Waals surface area (Å²) >= 11 is 0. The van der Waals surface area contributed by atoms with E-state index in [2.05, 4.69) is 19.2 Å². The van der Waals surface area contributed by atoms with E-state index in [0.29, 0.717) is 38.8 Å². The summed E-state index contributed by atoms with van der Waals surface area (Å²) in [4.78, 5) is 14.1. The van der Waals surface area contributed by atoms with Gasteiger partial charge in [-0.05, 0) is 12.8 Å². The Hall–Kier alpha value is -0.650. The fourth-order valence-corrected chi connectivity index (χ4v) is 2.06. The first-order chi connectivity index (χ1) is 8.56. The van der Waals surface area contributed by atoms with Gasteiger partial charge in [-0.15, -0.1) is 0 Å². The van der Waals surface area contributed by atoms with E-state index in [1.165, 1.54) is 0 Å². The topological polar surface area (TPSA) is 50.8 Å². The third kappa shape index (κ3) is 4.55. The quantitative estimate of drug-likeness (QED) is 0.753. The molecule has 1 aliphatic rings. The van der Waals surface area contributed by atoms with Crippen LogP contribution in [0.15, 0.2) is 0 Å². The van der Waals surface area contributed by atoms with Crippen molar-refractivity contribution in [3.05, 3.63) is 0 Å². The van der Waals surface area contributed by atoms with E-state index in [0.717, 1.165) is 0 Å². The molecule has 1 rings (SSSR count). The lowest BCUT2D eigenvalue weighted by Crippen LogP contribution is -2.53. The normalized spacial score (nSPS) is 19.9. The maximum atomic E-state index is 12.2. The summed E-state index contributed by atoms with van der Waals surface area (Å²) in [5.74, 6) is 0.588. The Balaban J connectivity index is 2.46. The van der Waals surface area contributed by atoms with E-state index in [1.54, 1.807) is 7.11 Å². The molecule has 0 spiro atoms. The number of hydrogen-bond donors (Lipinski definition) is 1. The number of carbonyl (C=O) groups excluding carboxylic acids is 1. The Labute approximate surface area is 110 Å². The summed E-state index contributed by atoms with van der Waals surface area (Å²) in [6.45, 7) is 9.48. The molecule has 0 aromatic heterocycles. The van der Waals surface area contributed by atoms with Gasteiger partial charge in [0.05, 0.1) is 25.9 Å². The van der Waals surface area contributed by atoms with Gasteiger partial charge in [-0.3, -0.25) is 4.79 Å². The van der Waals surface area contributed by atoms with Crippen molar-refractivity contribution < 1.29 is 14.3 Å². The van der Waals surface area contributed by atoms with Gasteiger partial charge >= 0.3 is 0 Å². The number of amides is 1. The third-order valence-corrected chi connectivity index (χ3v) is 3.31. The molecule has 2 atom stereocenters. The van der Waals surface area contributed by atoms with Crippen LogP contribution in [-0.2, 0) is 14.3 Å². The molecule has 18 heavy (non-hydrogen) atoms. The third-order valence-electron chi connectivity index (χ3n) is 3.31. The number of carbonyl (C=O) groups is 1. The molecule has 5 heteroatoms. The Morgan fingerprint density at radius 3 is 2.44 bits per heavy atom. The number of rotatable bonds is 6. The molecule has 1 aliphatic heterocycles. The smallest absolute Gasteiger partial charge is 0.239 e. The highest BCUT2D eigenvalue weighted by Crippen LogP contribution is 2.06. The minimum atomic E-state index is -0.175. The number of ether oxygens (including phenoxy) is 2. The lowest BCUT2D eigenvalue weighted by Gasteiger charge is -2.32. The average Bonchev–Trinajstić information content (AvgIpc) is 2.38. The lowest BCUT2D eigenvalue weighted by atomic mass is 10.0. The first kappa shape index (κ1) is 15.4. The highest BCUT2D eigenvalue weighted by Gasteiger charge is 2.25. The van der Waals surface area contributed by atoms with Crippen molar-refractivity contribution in [2.24, 2.45) is 5.92 Å². The molecular weight excluding hydrogens is 232 g/mol. The van der Waals surface area contributed by atoms with Gasteiger partial charge in [-0.1, -0.05) is 13.8 Å². The van der Waals surface area contributed by atoms with E-state index in [9.17, 15) is 4.79 Å². The van der Waals surface area contributed by atoms with Crippen LogP contribution < -0.4 is 5.32 Å². The van der Waals surface area contributed by atoms with Crippen molar-refractivity contribution in [2.75, 3.05) is 40.0 Å². The summed E-state index contributed by atoms with van der Waals surface area (Å²) in [7, 11) is 1.69. The SMILES string of the molecule is COCC(NC(C)C(=O)N1CCOCC1)C(C)C. The standard InChI is InChI=1S/C13H26N2O3/c1-10(2)12(9-17-4)14-11(3)13(16)15-5-7-18-8-6-15/h10-12,14H,5-9H2,1-4H3. The molecule has 1 N–H and O–H groups in total. The monoisotopic (exact) mass is 258 g/mol. The second-order valence-corrected chi connectivity index (χ2v) is 5.13. The zero-order chi connectivity index (χ0) is 13.5. The van der Waals surface area contributed by atoms with E-state index in [1.807, 2.05) is 11.8 Å². The molecular formula is C13H26N2O3. The Morgan fingerprint density at radius 2 is 1.94 bits per heavy atom. The van der Waals surface area contributed by atoms with Crippen LogP contribution in [-0.4, -0.2) is 62.9 Å². The lowest BCUT2D eigenvalue weighted by molar-refractivity contribution is -0.137. The first-order valence-electron chi connectivity index (χ1n) is 6.67. The van der Waals surface area contributed by atoms with Crippen LogP contribution >= 0.6 is 0 Å².